The number of halogens is 2. The van der Waals surface area contributed by atoms with Crippen LogP contribution in [0.5, 0.6) is 0 Å². The van der Waals surface area contributed by atoms with Gasteiger partial charge in [-0.25, -0.2) is 8.42 Å². The molecule has 208 valence electrons. The lowest BCUT2D eigenvalue weighted by molar-refractivity contribution is -0.563. The van der Waals surface area contributed by atoms with Gasteiger partial charge in [0.15, 0.2) is 0 Å². The van der Waals surface area contributed by atoms with Crippen molar-refractivity contribution >= 4 is 49.8 Å². The summed E-state index contributed by atoms with van der Waals surface area (Å²) in [5, 5.41) is 15.8. The zero-order valence-corrected chi connectivity index (χ0v) is 24.7. The van der Waals surface area contributed by atoms with E-state index in [2.05, 4.69) is 4.72 Å². The Bertz CT molecular complexity index is 2030. The second-order valence-electron chi connectivity index (χ2n) is 9.84. The molecule has 6 rings (SSSR count). The quantitative estimate of drug-likeness (QED) is 0.151. The molecule has 1 aromatic heterocycles. The van der Waals surface area contributed by atoms with Crippen LogP contribution in [0.1, 0.15) is 5.56 Å². The highest BCUT2D eigenvalue weighted by molar-refractivity contribution is 7.92. The molecule has 0 saturated heterocycles. The average molecular weight is 612 g/mol. The van der Waals surface area contributed by atoms with Crippen molar-refractivity contribution in [3.63, 3.8) is 0 Å². The Hall–Kier alpha value is -4.36. The Morgan fingerprint density at radius 2 is 1.19 bits per heavy atom. The van der Waals surface area contributed by atoms with E-state index < -0.39 is 10.0 Å². The maximum atomic E-state index is 14.7. The number of fused-ring (bicyclic) bond motifs is 1. The molecule has 0 unspecified atom stereocenters. The van der Waals surface area contributed by atoms with Crippen molar-refractivity contribution in [2.75, 3.05) is 4.72 Å². The molecule has 0 radical (unpaired) electrons. The minimum Gasteiger partial charge on any atom is -0.618 e. The smallest absolute Gasteiger partial charge is 0.262 e. The molecule has 1 heterocycles. The molecule has 42 heavy (non-hydrogen) atoms. The number of sulfonamides is 1. The number of hydrogen-bond acceptors (Lipinski definition) is 3. The number of nitrogens with one attached hydrogen (secondary N) is 1. The molecule has 0 aliphatic heterocycles. The summed E-state index contributed by atoms with van der Waals surface area (Å²) in [7, 11) is -4.03. The van der Waals surface area contributed by atoms with Gasteiger partial charge in [-0.1, -0.05) is 114 Å². The number of aromatic nitrogens is 1. The maximum Gasteiger partial charge on any atom is 0.262 e. The number of nitrogens with zero attached hydrogens (tertiary/aromatic N) is 1. The molecule has 0 aliphatic carbocycles. The summed E-state index contributed by atoms with van der Waals surface area (Å²) in [6.07, 6.45) is 0. The second-order valence-corrected chi connectivity index (χ2v) is 12.3. The molecule has 1 N–H and O–H groups in total. The number of para-hydroxylation sites is 1. The lowest BCUT2D eigenvalue weighted by Gasteiger charge is -2.21. The number of rotatable bonds is 6. The van der Waals surface area contributed by atoms with Crippen LogP contribution in [0, 0.1) is 12.1 Å². The predicted molar refractivity (Wildman–Crippen MR) is 171 cm³/mol. The van der Waals surface area contributed by atoms with E-state index in [1.54, 1.807) is 42.5 Å². The topological polar surface area (TPSA) is 73.1 Å². The molecule has 5 aromatic carbocycles. The van der Waals surface area contributed by atoms with Crippen LogP contribution in [0.25, 0.3) is 44.4 Å². The first-order chi connectivity index (χ1) is 20.3. The lowest BCUT2D eigenvalue weighted by atomic mass is 9.88. The van der Waals surface area contributed by atoms with Crippen molar-refractivity contribution < 1.29 is 13.1 Å². The van der Waals surface area contributed by atoms with Gasteiger partial charge >= 0.3 is 0 Å². The highest BCUT2D eigenvalue weighted by Gasteiger charge is 2.31. The van der Waals surface area contributed by atoms with Gasteiger partial charge < -0.3 is 5.21 Å². The Balaban J connectivity index is 1.77. The zero-order chi connectivity index (χ0) is 29.4. The Morgan fingerprint density at radius 3 is 1.79 bits per heavy atom. The van der Waals surface area contributed by atoms with E-state index in [0.29, 0.717) is 26.6 Å². The Labute approximate surface area is 254 Å². The lowest BCUT2D eigenvalue weighted by Crippen LogP contribution is -2.33. The van der Waals surface area contributed by atoms with Gasteiger partial charge in [-0.3, -0.25) is 4.72 Å². The third-order valence-electron chi connectivity index (χ3n) is 7.10. The van der Waals surface area contributed by atoms with Gasteiger partial charge in [0, 0.05) is 5.56 Å². The highest BCUT2D eigenvalue weighted by Crippen LogP contribution is 2.46. The van der Waals surface area contributed by atoms with Crippen LogP contribution in [-0.2, 0) is 10.0 Å². The summed E-state index contributed by atoms with van der Waals surface area (Å²) < 4.78 is 30.4. The zero-order valence-electron chi connectivity index (χ0n) is 22.4. The fraction of sp³-hybridized carbons (Fsp3) is 0.0294. The molecule has 0 spiro atoms. The highest BCUT2D eigenvalue weighted by atomic mass is 35.5. The number of aryl methyl sites for hydroxylation is 1. The van der Waals surface area contributed by atoms with Crippen LogP contribution < -0.4 is 9.45 Å². The third-order valence-corrected chi connectivity index (χ3v) is 9.11. The number of hydrogen-bond donors (Lipinski definition) is 1. The fourth-order valence-electron chi connectivity index (χ4n) is 5.18. The standard InChI is InChI=1S/C34H24Cl2N2O3S/c1-22-18-20-25(21-19-22)42(40,41)37-29-17-8-14-26-30(23-10-4-2-5-11-23)31(24-12-6-3-7-13-24)34(38(39)33(26)29)32-27(35)15-9-16-28(32)36/h2-21,37H,1H3. The Kier molecular flexibility index (Phi) is 7.37. The molecule has 5 nitrogen and oxygen atoms in total. The van der Waals surface area contributed by atoms with Crippen LogP contribution in [-0.4, -0.2) is 8.42 Å². The van der Waals surface area contributed by atoms with Crippen molar-refractivity contribution in [1.29, 1.82) is 0 Å². The molecule has 0 atom stereocenters. The molecule has 0 aliphatic rings. The van der Waals surface area contributed by atoms with Gasteiger partial charge in [0.2, 0.25) is 11.2 Å². The SMILES string of the molecule is Cc1ccc(S(=O)(=O)Nc2cccc3c(-c4ccccc4)c(-c4ccccc4)c(-c4c(Cl)cccc4Cl)[n+]([O-])c23)cc1. The minimum atomic E-state index is -4.03. The third kappa shape index (κ3) is 4.98. The summed E-state index contributed by atoms with van der Waals surface area (Å²) in [6.45, 7) is 1.88. The van der Waals surface area contributed by atoms with Crippen LogP contribution in [0.15, 0.2) is 126 Å². The second kappa shape index (κ2) is 11.1. The van der Waals surface area contributed by atoms with Gasteiger partial charge in [0.1, 0.15) is 5.69 Å². The summed E-state index contributed by atoms with van der Waals surface area (Å²) in [5.41, 5.74) is 4.74. The summed E-state index contributed by atoms with van der Waals surface area (Å²) in [6, 6.07) is 35.9. The normalized spacial score (nSPS) is 11.5. The van der Waals surface area contributed by atoms with E-state index in [1.807, 2.05) is 73.7 Å². The number of anilines is 1. The van der Waals surface area contributed by atoms with Crippen LogP contribution in [0.4, 0.5) is 5.69 Å². The first-order valence-electron chi connectivity index (χ1n) is 13.1. The first-order valence-corrected chi connectivity index (χ1v) is 15.4. The van der Waals surface area contributed by atoms with Gasteiger partial charge in [0.25, 0.3) is 10.0 Å². The largest absolute Gasteiger partial charge is 0.618 e. The fourth-order valence-corrected chi connectivity index (χ4v) is 6.82. The van der Waals surface area contributed by atoms with Crippen LogP contribution in [0.3, 0.4) is 0 Å². The first kappa shape index (κ1) is 27.8. The number of benzene rings is 5. The van der Waals surface area contributed by atoms with Crippen molar-refractivity contribution in [1.82, 2.24) is 0 Å². The molecule has 0 amide bonds. The van der Waals surface area contributed by atoms with Gasteiger partial charge in [-0.2, -0.15) is 4.73 Å². The molecule has 8 heteroatoms. The summed E-state index contributed by atoms with van der Waals surface area (Å²) in [4.78, 5) is 0.0844. The van der Waals surface area contributed by atoms with Gasteiger partial charge in [0.05, 0.1) is 31.5 Å². The molecule has 0 saturated carbocycles. The minimum absolute atomic E-state index is 0.0844. The van der Waals surface area contributed by atoms with E-state index in [4.69, 9.17) is 23.2 Å². The van der Waals surface area contributed by atoms with E-state index in [0.717, 1.165) is 27.0 Å². The molecule has 0 fully saturated rings. The predicted octanol–water partition coefficient (Wildman–Crippen LogP) is 8.89. The monoisotopic (exact) mass is 610 g/mol. The average Bonchev–Trinajstić information content (AvgIpc) is 2.99. The van der Waals surface area contributed by atoms with Crippen LogP contribution >= 0.6 is 23.2 Å². The van der Waals surface area contributed by atoms with Crippen molar-refractivity contribution in [3.05, 3.63) is 142 Å². The van der Waals surface area contributed by atoms with Crippen molar-refractivity contribution in [2.24, 2.45) is 0 Å². The molecule has 0 bridgehead atoms. The van der Waals surface area contributed by atoms with Gasteiger partial charge in [-0.15, -0.1) is 0 Å². The number of pyridine rings is 1. The maximum absolute atomic E-state index is 14.7. The molecule has 6 aromatic rings. The van der Waals surface area contributed by atoms with E-state index in [1.165, 1.54) is 12.1 Å². The molecular weight excluding hydrogens is 587 g/mol. The van der Waals surface area contributed by atoms with E-state index >= 15 is 0 Å². The summed E-state index contributed by atoms with van der Waals surface area (Å²) >= 11 is 13.5. The Morgan fingerprint density at radius 1 is 0.643 bits per heavy atom. The molecular formula is C34H24Cl2N2O3S. The van der Waals surface area contributed by atoms with Crippen LogP contribution in [0.2, 0.25) is 10.0 Å². The summed E-state index contributed by atoms with van der Waals surface area (Å²) in [5.74, 6) is 0. The van der Waals surface area contributed by atoms with Gasteiger partial charge in [-0.05, 0) is 54.4 Å². The van der Waals surface area contributed by atoms with E-state index in [-0.39, 0.29) is 21.8 Å². The van der Waals surface area contributed by atoms with Crippen molar-refractivity contribution in [2.45, 2.75) is 11.8 Å². The van der Waals surface area contributed by atoms with E-state index in [9.17, 15) is 13.6 Å². The van der Waals surface area contributed by atoms with Crippen molar-refractivity contribution in [3.8, 4) is 33.5 Å².